The maximum atomic E-state index is 5.72. The summed E-state index contributed by atoms with van der Waals surface area (Å²) in [5, 5.41) is 6.50. The average Bonchev–Trinajstić information content (AvgIpc) is 2.39. The van der Waals surface area contributed by atoms with Crippen LogP contribution in [0.4, 0.5) is 17.6 Å². The zero-order valence-electron chi connectivity index (χ0n) is 11.9. The van der Waals surface area contributed by atoms with Crippen molar-refractivity contribution in [3.8, 4) is 0 Å². The molecule has 0 saturated carbocycles. The van der Waals surface area contributed by atoms with Crippen LogP contribution < -0.4 is 16.4 Å². The summed E-state index contributed by atoms with van der Waals surface area (Å²) < 4.78 is 0. The second-order valence-corrected chi connectivity index (χ2v) is 4.76. The second kappa shape index (κ2) is 6.75. The fourth-order valence-corrected chi connectivity index (χ4v) is 2.08. The summed E-state index contributed by atoms with van der Waals surface area (Å²) in [5.74, 6) is 1.77. The fourth-order valence-electron chi connectivity index (χ4n) is 2.08. The van der Waals surface area contributed by atoms with Gasteiger partial charge in [0, 0.05) is 18.7 Å². The molecule has 1 unspecified atom stereocenters. The Morgan fingerprint density at radius 2 is 1.85 bits per heavy atom. The highest BCUT2D eigenvalue weighted by Gasteiger charge is 2.07. The molecule has 2 rings (SSSR count). The molecule has 106 valence electrons. The Morgan fingerprint density at radius 1 is 1.15 bits per heavy atom. The first-order valence-electron chi connectivity index (χ1n) is 6.86. The first kappa shape index (κ1) is 14.1. The molecule has 20 heavy (non-hydrogen) atoms. The van der Waals surface area contributed by atoms with Crippen LogP contribution in [0.1, 0.15) is 19.4 Å². The molecule has 0 aliphatic heterocycles. The molecule has 0 radical (unpaired) electrons. The summed E-state index contributed by atoms with van der Waals surface area (Å²) in [6.45, 7) is 4.94. The van der Waals surface area contributed by atoms with Gasteiger partial charge in [0.25, 0.3) is 0 Å². The second-order valence-electron chi connectivity index (χ2n) is 4.76. The number of rotatable bonds is 6. The number of benzene rings is 1. The Balaban J connectivity index is 2.02. The Labute approximate surface area is 119 Å². The monoisotopic (exact) mass is 271 g/mol. The highest BCUT2D eigenvalue weighted by Crippen LogP contribution is 2.14. The van der Waals surface area contributed by atoms with Crippen LogP contribution in [0.25, 0.3) is 0 Å². The average molecular weight is 271 g/mol. The highest BCUT2D eigenvalue weighted by atomic mass is 15.1. The molecule has 5 heteroatoms. The zero-order valence-corrected chi connectivity index (χ0v) is 11.9. The lowest BCUT2D eigenvalue weighted by Crippen LogP contribution is -2.19. The van der Waals surface area contributed by atoms with Crippen LogP contribution in [0.3, 0.4) is 0 Å². The van der Waals surface area contributed by atoms with E-state index >= 15 is 0 Å². The minimum Gasteiger partial charge on any atom is -0.370 e. The van der Waals surface area contributed by atoms with E-state index in [1.807, 2.05) is 31.2 Å². The number of aromatic nitrogens is 2. The standard InChI is InChI=1S/C15H21N5/c1-3-17-13-10-14(20-15(16)19-13)18-11(2)9-12-7-5-4-6-8-12/h4-8,10-11H,3,9H2,1-2H3,(H4,16,17,18,19,20). The minimum atomic E-state index is 0.265. The summed E-state index contributed by atoms with van der Waals surface area (Å²) in [7, 11) is 0. The van der Waals surface area contributed by atoms with Crippen LogP contribution in [0.2, 0.25) is 0 Å². The number of hydrogen-bond donors (Lipinski definition) is 3. The smallest absolute Gasteiger partial charge is 0.223 e. The number of nitrogen functional groups attached to an aromatic ring is 1. The van der Waals surface area contributed by atoms with Crippen molar-refractivity contribution in [2.24, 2.45) is 0 Å². The van der Waals surface area contributed by atoms with Gasteiger partial charge < -0.3 is 16.4 Å². The van der Waals surface area contributed by atoms with Crippen LogP contribution in [0, 0.1) is 0 Å². The number of nitrogens with zero attached hydrogens (tertiary/aromatic N) is 2. The Hall–Kier alpha value is -2.30. The van der Waals surface area contributed by atoms with Gasteiger partial charge in [0.15, 0.2) is 0 Å². The molecule has 0 amide bonds. The molecule has 0 saturated heterocycles. The third kappa shape index (κ3) is 4.12. The summed E-state index contributed by atoms with van der Waals surface area (Å²) in [4.78, 5) is 8.34. The van der Waals surface area contributed by atoms with Crippen molar-refractivity contribution in [2.75, 3.05) is 22.9 Å². The molecular formula is C15H21N5. The van der Waals surface area contributed by atoms with Crippen LogP contribution in [-0.4, -0.2) is 22.6 Å². The molecule has 0 spiro atoms. The molecule has 0 aliphatic carbocycles. The quantitative estimate of drug-likeness (QED) is 0.752. The van der Waals surface area contributed by atoms with E-state index in [1.54, 1.807) is 0 Å². The van der Waals surface area contributed by atoms with E-state index in [0.717, 1.165) is 24.6 Å². The van der Waals surface area contributed by atoms with Gasteiger partial charge in [-0.25, -0.2) is 0 Å². The van der Waals surface area contributed by atoms with E-state index in [-0.39, 0.29) is 12.0 Å². The van der Waals surface area contributed by atoms with E-state index in [9.17, 15) is 0 Å². The maximum absolute atomic E-state index is 5.72. The number of nitrogens with one attached hydrogen (secondary N) is 2. The third-order valence-corrected chi connectivity index (χ3v) is 2.88. The zero-order chi connectivity index (χ0) is 14.4. The Morgan fingerprint density at radius 3 is 2.55 bits per heavy atom. The van der Waals surface area contributed by atoms with E-state index < -0.39 is 0 Å². The van der Waals surface area contributed by atoms with Gasteiger partial charge in [-0.05, 0) is 25.8 Å². The van der Waals surface area contributed by atoms with Crippen molar-refractivity contribution in [1.29, 1.82) is 0 Å². The lowest BCUT2D eigenvalue weighted by Gasteiger charge is -2.15. The lowest BCUT2D eigenvalue weighted by atomic mass is 10.1. The van der Waals surface area contributed by atoms with Crippen molar-refractivity contribution in [2.45, 2.75) is 26.3 Å². The van der Waals surface area contributed by atoms with Gasteiger partial charge >= 0.3 is 0 Å². The van der Waals surface area contributed by atoms with Gasteiger partial charge in [-0.1, -0.05) is 30.3 Å². The number of anilines is 3. The first-order chi connectivity index (χ1) is 9.67. The summed E-state index contributed by atoms with van der Waals surface area (Å²) in [6, 6.07) is 12.5. The normalized spacial score (nSPS) is 11.9. The molecule has 1 heterocycles. The molecule has 0 bridgehead atoms. The van der Waals surface area contributed by atoms with Crippen LogP contribution in [0.5, 0.6) is 0 Å². The SMILES string of the molecule is CCNc1cc(NC(C)Cc2ccccc2)nc(N)n1. The van der Waals surface area contributed by atoms with E-state index in [0.29, 0.717) is 0 Å². The van der Waals surface area contributed by atoms with Crippen molar-refractivity contribution >= 4 is 17.6 Å². The van der Waals surface area contributed by atoms with E-state index in [2.05, 4.69) is 39.7 Å². The van der Waals surface area contributed by atoms with Gasteiger partial charge in [-0.3, -0.25) is 0 Å². The van der Waals surface area contributed by atoms with Crippen molar-refractivity contribution in [3.05, 3.63) is 42.0 Å². The van der Waals surface area contributed by atoms with Crippen molar-refractivity contribution < 1.29 is 0 Å². The molecule has 1 aromatic carbocycles. The number of hydrogen-bond acceptors (Lipinski definition) is 5. The first-order valence-corrected chi connectivity index (χ1v) is 6.86. The van der Waals surface area contributed by atoms with Gasteiger partial charge in [0.2, 0.25) is 5.95 Å². The molecule has 0 aliphatic rings. The molecule has 1 aromatic heterocycles. The van der Waals surface area contributed by atoms with Gasteiger partial charge in [-0.15, -0.1) is 0 Å². The van der Waals surface area contributed by atoms with Gasteiger partial charge in [0.1, 0.15) is 11.6 Å². The Bertz CT molecular complexity index is 541. The fraction of sp³-hybridized carbons (Fsp3) is 0.333. The maximum Gasteiger partial charge on any atom is 0.223 e. The van der Waals surface area contributed by atoms with E-state index in [4.69, 9.17) is 5.73 Å². The van der Waals surface area contributed by atoms with Crippen molar-refractivity contribution in [3.63, 3.8) is 0 Å². The van der Waals surface area contributed by atoms with Crippen LogP contribution in [0.15, 0.2) is 36.4 Å². The van der Waals surface area contributed by atoms with Crippen LogP contribution >= 0.6 is 0 Å². The molecule has 1 atom stereocenters. The molecule has 4 N–H and O–H groups in total. The molecular weight excluding hydrogens is 250 g/mol. The molecule has 5 nitrogen and oxygen atoms in total. The summed E-state index contributed by atoms with van der Waals surface area (Å²) in [6.07, 6.45) is 0.932. The topological polar surface area (TPSA) is 75.9 Å². The summed E-state index contributed by atoms with van der Waals surface area (Å²) >= 11 is 0. The van der Waals surface area contributed by atoms with Gasteiger partial charge in [-0.2, -0.15) is 9.97 Å². The minimum absolute atomic E-state index is 0.265. The Kier molecular flexibility index (Phi) is 4.76. The third-order valence-electron chi connectivity index (χ3n) is 2.88. The lowest BCUT2D eigenvalue weighted by molar-refractivity contribution is 0.784. The molecule has 0 fully saturated rings. The van der Waals surface area contributed by atoms with Crippen molar-refractivity contribution in [1.82, 2.24) is 9.97 Å². The van der Waals surface area contributed by atoms with Gasteiger partial charge in [0.05, 0.1) is 0 Å². The summed E-state index contributed by atoms with van der Waals surface area (Å²) in [5.41, 5.74) is 7.01. The predicted molar refractivity (Wildman–Crippen MR) is 83.8 cm³/mol. The van der Waals surface area contributed by atoms with Crippen LogP contribution in [-0.2, 0) is 6.42 Å². The predicted octanol–water partition coefficient (Wildman–Crippen LogP) is 2.53. The van der Waals surface area contributed by atoms with E-state index in [1.165, 1.54) is 5.56 Å². The molecule has 2 aromatic rings. The number of nitrogens with two attached hydrogens (primary N) is 1. The largest absolute Gasteiger partial charge is 0.370 e. The highest BCUT2D eigenvalue weighted by molar-refractivity contribution is 5.51.